The molecule has 1 aliphatic rings. The van der Waals surface area contributed by atoms with Gasteiger partial charge in [-0.1, -0.05) is 24.4 Å². The zero-order valence-electron chi connectivity index (χ0n) is 19.9. The molecule has 0 aromatic carbocycles. The normalized spacial score (nSPS) is 21.8. The molecule has 1 aromatic rings. The molecule has 0 fully saturated rings. The predicted molar refractivity (Wildman–Crippen MR) is 128 cm³/mol. The van der Waals surface area contributed by atoms with Gasteiger partial charge in [0.2, 0.25) is 0 Å². The van der Waals surface area contributed by atoms with Crippen molar-refractivity contribution in [1.82, 2.24) is 9.71 Å². The Bertz CT molecular complexity index is 731. The Hall–Kier alpha value is -0.820. The van der Waals surface area contributed by atoms with E-state index in [4.69, 9.17) is 16.3 Å². The maximum atomic E-state index is 12.9. The lowest BCUT2D eigenvalue weighted by atomic mass is 9.86. The van der Waals surface area contributed by atoms with E-state index in [0.29, 0.717) is 17.4 Å². The number of aromatic nitrogens is 1. The Morgan fingerprint density at radius 3 is 2.58 bits per heavy atom. The number of fused-ring (bicyclic) bond motifs is 1. The third-order valence-corrected chi connectivity index (χ3v) is 7.29. The van der Waals surface area contributed by atoms with Crippen molar-refractivity contribution < 1.29 is 14.1 Å². The highest BCUT2D eigenvalue weighted by atomic mass is 35.5. The number of nitrogens with zero attached hydrogens (tertiary/aromatic N) is 1. The average Bonchev–Trinajstić information content (AvgIpc) is 2.63. The molecule has 0 saturated carbocycles. The Kier molecular flexibility index (Phi) is 9.68. The van der Waals surface area contributed by atoms with Gasteiger partial charge in [0.05, 0.1) is 11.1 Å². The van der Waals surface area contributed by atoms with Crippen LogP contribution in [0.1, 0.15) is 104 Å². The van der Waals surface area contributed by atoms with E-state index in [-0.39, 0.29) is 16.8 Å². The summed E-state index contributed by atoms with van der Waals surface area (Å²) in [6.07, 6.45) is 8.86. The summed E-state index contributed by atoms with van der Waals surface area (Å²) in [5.74, 6) is 0.308. The van der Waals surface area contributed by atoms with Gasteiger partial charge < -0.3 is 9.29 Å². The number of halogens is 1. The van der Waals surface area contributed by atoms with Crippen LogP contribution in [0.3, 0.4) is 0 Å². The smallest absolute Gasteiger partial charge is 0.306 e. The summed E-state index contributed by atoms with van der Waals surface area (Å²) in [7, 11) is 0. The summed E-state index contributed by atoms with van der Waals surface area (Å²) in [5.41, 5.74) is 1.65. The third kappa shape index (κ3) is 9.29. The number of nitrogens with one attached hydrogen (secondary N) is 1. The quantitative estimate of drug-likeness (QED) is 0.417. The lowest BCUT2D eigenvalue weighted by molar-refractivity contribution is -0.155. The zero-order chi connectivity index (χ0) is 23.2. The van der Waals surface area contributed by atoms with E-state index in [1.165, 1.54) is 0 Å². The number of rotatable bonds is 5. The monoisotopic (exact) mass is 470 g/mol. The first-order valence-electron chi connectivity index (χ1n) is 11.4. The summed E-state index contributed by atoms with van der Waals surface area (Å²) >= 11 is 5.08. The van der Waals surface area contributed by atoms with Crippen molar-refractivity contribution >= 4 is 28.9 Å². The van der Waals surface area contributed by atoms with Crippen LogP contribution in [-0.4, -0.2) is 25.9 Å². The van der Waals surface area contributed by atoms with Gasteiger partial charge in [-0.25, -0.2) is 0 Å². The fraction of sp³-hybridized carbons (Fsp3) is 0.750. The molecule has 176 valence electrons. The second-order valence-corrected chi connectivity index (χ2v) is 13.0. The molecule has 0 saturated heterocycles. The number of carbonyl (C=O) groups excluding carboxylic acids is 1. The number of ether oxygens (including phenoxy) is 1. The highest BCUT2D eigenvalue weighted by molar-refractivity contribution is 7.90. The Morgan fingerprint density at radius 2 is 1.94 bits per heavy atom. The van der Waals surface area contributed by atoms with Gasteiger partial charge in [0, 0.05) is 29.7 Å². The van der Waals surface area contributed by atoms with Gasteiger partial charge in [0.25, 0.3) is 0 Å². The van der Waals surface area contributed by atoms with Gasteiger partial charge in [0.1, 0.15) is 10.3 Å². The molecule has 31 heavy (non-hydrogen) atoms. The van der Waals surface area contributed by atoms with Crippen LogP contribution in [0.4, 0.5) is 0 Å². The minimum atomic E-state index is -1.20. The zero-order valence-corrected chi connectivity index (χ0v) is 21.5. The van der Waals surface area contributed by atoms with Crippen molar-refractivity contribution in [2.75, 3.05) is 0 Å². The topological polar surface area (TPSA) is 74.3 Å². The minimum absolute atomic E-state index is 0.0802. The van der Waals surface area contributed by atoms with E-state index in [0.717, 1.165) is 56.2 Å². The standard InChI is InChI=1S/C24H39ClN2O3S/c1-23(2,3)30-22(28)14-12-17-9-7-8-10-20-19(15-18(25)16-26-20)21(13-11-17)27-31(29)24(4,5)6/h15-17,21,27H,7-14H2,1-6H3/t17?,21-,31?/m1/s1. The molecule has 2 rings (SSSR count). The molecule has 1 heterocycles. The molecule has 3 atom stereocenters. The average molecular weight is 471 g/mol. The van der Waals surface area contributed by atoms with Crippen LogP contribution in [0, 0.1) is 5.92 Å². The molecule has 0 aliphatic heterocycles. The number of aryl methyl sites for hydroxylation is 1. The summed E-state index contributed by atoms with van der Waals surface area (Å²) < 4.78 is 21.4. The Balaban J connectivity index is 2.14. The molecule has 0 radical (unpaired) electrons. The lowest BCUT2D eigenvalue weighted by Crippen LogP contribution is -2.41. The van der Waals surface area contributed by atoms with Crippen molar-refractivity contribution in [3.8, 4) is 0 Å². The van der Waals surface area contributed by atoms with E-state index in [1.54, 1.807) is 6.20 Å². The highest BCUT2D eigenvalue weighted by Crippen LogP contribution is 2.33. The molecule has 1 aromatic heterocycles. The molecule has 7 heteroatoms. The molecule has 0 bridgehead atoms. The van der Waals surface area contributed by atoms with Crippen LogP contribution in [0.25, 0.3) is 0 Å². The first-order chi connectivity index (χ1) is 14.3. The van der Waals surface area contributed by atoms with Crippen molar-refractivity contribution in [2.24, 2.45) is 5.92 Å². The van der Waals surface area contributed by atoms with E-state index in [2.05, 4.69) is 9.71 Å². The van der Waals surface area contributed by atoms with Crippen molar-refractivity contribution in [2.45, 2.75) is 109 Å². The summed E-state index contributed by atoms with van der Waals surface area (Å²) in [5, 5.41) is 0.602. The van der Waals surface area contributed by atoms with Gasteiger partial charge in [-0.15, -0.1) is 4.72 Å². The molecule has 0 spiro atoms. The van der Waals surface area contributed by atoms with Gasteiger partial charge >= 0.3 is 5.97 Å². The number of carbonyl (C=O) groups is 1. The Morgan fingerprint density at radius 1 is 1.23 bits per heavy atom. The SMILES string of the molecule is CC(C)(C)OC(=O)CCC1CCCCc2ncc(Cl)cc2[C@H](N[S+]([O-])C(C)(C)C)CC1. The molecule has 0 amide bonds. The highest BCUT2D eigenvalue weighted by Gasteiger charge is 2.31. The minimum Gasteiger partial charge on any atom is -0.598 e. The number of hydrogen-bond acceptors (Lipinski definition) is 5. The van der Waals surface area contributed by atoms with Gasteiger partial charge in [-0.3, -0.25) is 9.78 Å². The molecule has 5 nitrogen and oxygen atoms in total. The lowest BCUT2D eigenvalue weighted by Gasteiger charge is -2.30. The summed E-state index contributed by atoms with van der Waals surface area (Å²) in [6, 6.07) is 1.89. The van der Waals surface area contributed by atoms with Crippen LogP contribution in [0.2, 0.25) is 5.02 Å². The van der Waals surface area contributed by atoms with E-state index in [9.17, 15) is 9.35 Å². The molecule has 2 unspecified atom stereocenters. The Labute approximate surface area is 196 Å². The second-order valence-electron chi connectivity index (χ2n) is 10.6. The molecule has 1 aliphatic carbocycles. The van der Waals surface area contributed by atoms with Crippen LogP contribution < -0.4 is 4.72 Å². The van der Waals surface area contributed by atoms with Crippen molar-refractivity contribution in [3.05, 3.63) is 28.5 Å². The maximum absolute atomic E-state index is 12.9. The van der Waals surface area contributed by atoms with Crippen LogP contribution >= 0.6 is 11.6 Å². The van der Waals surface area contributed by atoms with Crippen molar-refractivity contribution in [3.63, 3.8) is 0 Å². The fourth-order valence-electron chi connectivity index (χ4n) is 3.85. The van der Waals surface area contributed by atoms with Gasteiger partial charge in [-0.2, -0.15) is 0 Å². The first-order valence-corrected chi connectivity index (χ1v) is 12.9. The van der Waals surface area contributed by atoms with Gasteiger partial charge in [-0.05, 0) is 91.2 Å². The van der Waals surface area contributed by atoms with Crippen LogP contribution in [0.15, 0.2) is 12.3 Å². The van der Waals surface area contributed by atoms with E-state index < -0.39 is 17.0 Å². The number of esters is 1. The third-order valence-electron chi connectivity index (χ3n) is 5.47. The molecular weight excluding hydrogens is 432 g/mol. The first kappa shape index (κ1) is 26.4. The maximum Gasteiger partial charge on any atom is 0.306 e. The number of hydrogen-bond donors (Lipinski definition) is 1. The summed E-state index contributed by atoms with van der Waals surface area (Å²) in [6.45, 7) is 11.6. The largest absolute Gasteiger partial charge is 0.598 e. The molecule has 1 N–H and O–H groups in total. The van der Waals surface area contributed by atoms with E-state index in [1.807, 2.05) is 47.6 Å². The van der Waals surface area contributed by atoms with E-state index >= 15 is 0 Å². The molecular formula is C24H39ClN2O3S. The predicted octanol–water partition coefficient (Wildman–Crippen LogP) is 6.07. The number of pyridine rings is 1. The summed E-state index contributed by atoms with van der Waals surface area (Å²) in [4.78, 5) is 16.8. The van der Waals surface area contributed by atoms with Crippen LogP contribution in [0.5, 0.6) is 0 Å². The van der Waals surface area contributed by atoms with Crippen molar-refractivity contribution in [1.29, 1.82) is 0 Å². The van der Waals surface area contributed by atoms with Crippen LogP contribution in [-0.2, 0) is 27.3 Å². The van der Waals surface area contributed by atoms with Gasteiger partial charge in [0.15, 0.2) is 0 Å². The fourth-order valence-corrected chi connectivity index (χ4v) is 4.88. The second kappa shape index (κ2) is 11.4.